The molecular formula is C22H34N2O. The van der Waals surface area contributed by atoms with E-state index in [1.54, 1.807) is 7.11 Å². The molecule has 2 N–H and O–H groups in total. The van der Waals surface area contributed by atoms with Crippen LogP contribution in [0.15, 0.2) is 42.5 Å². The van der Waals surface area contributed by atoms with Crippen LogP contribution in [-0.2, 0) is 26.1 Å². The predicted octanol–water partition coefficient (Wildman–Crippen LogP) is 4.76. The lowest BCUT2D eigenvalue weighted by Crippen LogP contribution is -2.30. The number of methoxy groups -OCH3 is 1. The second-order valence-corrected chi connectivity index (χ2v) is 5.58. The number of ether oxygens (including phenoxy) is 1. The highest BCUT2D eigenvalue weighted by atomic mass is 16.5. The van der Waals surface area contributed by atoms with Crippen LogP contribution in [0.3, 0.4) is 0 Å². The minimum atomic E-state index is 0.608. The maximum Gasteiger partial charge on any atom is 0.122 e. The molecule has 25 heavy (non-hydrogen) atoms. The van der Waals surface area contributed by atoms with Gasteiger partial charge in [-0.25, -0.2) is 0 Å². The Morgan fingerprint density at radius 1 is 0.960 bits per heavy atom. The fourth-order valence-corrected chi connectivity index (χ4v) is 3.00. The average Bonchev–Trinajstić information content (AvgIpc) is 2.71. The number of rotatable bonds is 4. The summed E-state index contributed by atoms with van der Waals surface area (Å²) in [5, 5.41) is 0. The lowest BCUT2D eigenvalue weighted by atomic mass is 9.98. The standard InChI is InChI=1S/C18H22N2O.2C2H6/c1-21-18-4-2-3-16-13-20(10-9-17(16)18)12-15-7-5-14(11-19)6-8-15;2*1-2/h2-8H,9-13,19H2,1H3;2*1-2H3. The first-order valence-electron chi connectivity index (χ1n) is 9.45. The minimum absolute atomic E-state index is 0.608. The van der Waals surface area contributed by atoms with E-state index in [4.69, 9.17) is 10.5 Å². The van der Waals surface area contributed by atoms with Crippen molar-refractivity contribution in [2.45, 2.75) is 53.8 Å². The summed E-state index contributed by atoms with van der Waals surface area (Å²) < 4.78 is 5.46. The summed E-state index contributed by atoms with van der Waals surface area (Å²) in [4.78, 5) is 2.49. The van der Waals surface area contributed by atoms with Gasteiger partial charge in [-0.1, -0.05) is 64.1 Å². The molecule has 0 saturated heterocycles. The van der Waals surface area contributed by atoms with Gasteiger partial charge < -0.3 is 10.5 Å². The SMILES string of the molecule is CC.CC.COc1cccc2c1CCN(Cc1ccc(CN)cc1)C2. The van der Waals surface area contributed by atoms with E-state index in [0.29, 0.717) is 6.54 Å². The molecule has 0 radical (unpaired) electrons. The molecule has 0 bridgehead atoms. The van der Waals surface area contributed by atoms with Gasteiger partial charge in [0.05, 0.1) is 7.11 Å². The minimum Gasteiger partial charge on any atom is -0.496 e. The molecule has 1 aliphatic rings. The van der Waals surface area contributed by atoms with Crippen molar-refractivity contribution in [3.63, 3.8) is 0 Å². The number of hydrogen-bond donors (Lipinski definition) is 1. The average molecular weight is 343 g/mol. The zero-order valence-electron chi connectivity index (χ0n) is 16.5. The molecule has 2 aromatic rings. The first-order chi connectivity index (χ1) is 12.3. The van der Waals surface area contributed by atoms with E-state index in [9.17, 15) is 0 Å². The molecule has 0 amide bonds. The molecule has 3 heteroatoms. The van der Waals surface area contributed by atoms with E-state index in [1.807, 2.05) is 27.7 Å². The number of fused-ring (bicyclic) bond motifs is 1. The van der Waals surface area contributed by atoms with Gasteiger partial charge >= 0.3 is 0 Å². The van der Waals surface area contributed by atoms with Crippen LogP contribution in [-0.4, -0.2) is 18.6 Å². The van der Waals surface area contributed by atoms with E-state index in [1.165, 1.54) is 22.3 Å². The van der Waals surface area contributed by atoms with Crippen molar-refractivity contribution in [1.29, 1.82) is 0 Å². The molecule has 0 fully saturated rings. The molecule has 0 aromatic heterocycles. The number of hydrogen-bond acceptors (Lipinski definition) is 3. The first kappa shape index (κ1) is 21.2. The van der Waals surface area contributed by atoms with Gasteiger partial charge in [0.2, 0.25) is 0 Å². The Balaban J connectivity index is 0.000000730. The Morgan fingerprint density at radius 3 is 2.20 bits per heavy atom. The molecule has 1 aliphatic heterocycles. The fourth-order valence-electron chi connectivity index (χ4n) is 3.00. The molecule has 0 atom stereocenters. The molecule has 138 valence electrons. The molecule has 0 saturated carbocycles. The zero-order chi connectivity index (χ0) is 18.7. The number of nitrogens with two attached hydrogens (primary N) is 1. The van der Waals surface area contributed by atoms with E-state index >= 15 is 0 Å². The Morgan fingerprint density at radius 2 is 1.60 bits per heavy atom. The van der Waals surface area contributed by atoms with Crippen LogP contribution in [0.5, 0.6) is 5.75 Å². The van der Waals surface area contributed by atoms with Crippen molar-refractivity contribution in [3.05, 3.63) is 64.7 Å². The van der Waals surface area contributed by atoms with Crippen molar-refractivity contribution >= 4 is 0 Å². The van der Waals surface area contributed by atoms with Crippen LogP contribution in [0.2, 0.25) is 0 Å². The molecular weight excluding hydrogens is 308 g/mol. The van der Waals surface area contributed by atoms with Crippen LogP contribution in [0, 0.1) is 0 Å². The Labute approximate surface area is 153 Å². The van der Waals surface area contributed by atoms with Crippen LogP contribution < -0.4 is 10.5 Å². The smallest absolute Gasteiger partial charge is 0.122 e. The number of benzene rings is 2. The second-order valence-electron chi connectivity index (χ2n) is 5.58. The van der Waals surface area contributed by atoms with Crippen LogP contribution in [0.4, 0.5) is 0 Å². The van der Waals surface area contributed by atoms with E-state index in [-0.39, 0.29) is 0 Å². The topological polar surface area (TPSA) is 38.5 Å². The van der Waals surface area contributed by atoms with Gasteiger partial charge in [0.1, 0.15) is 5.75 Å². The van der Waals surface area contributed by atoms with Crippen LogP contribution in [0.1, 0.15) is 49.9 Å². The summed E-state index contributed by atoms with van der Waals surface area (Å²) in [5.74, 6) is 1.03. The van der Waals surface area contributed by atoms with E-state index in [2.05, 4.69) is 47.4 Å². The monoisotopic (exact) mass is 342 g/mol. The normalized spacial score (nSPS) is 12.9. The molecule has 1 heterocycles. The van der Waals surface area contributed by atoms with Crippen molar-refractivity contribution in [3.8, 4) is 5.75 Å². The Hall–Kier alpha value is -1.84. The third-order valence-electron chi connectivity index (χ3n) is 4.19. The Bertz CT molecular complexity index is 608. The summed E-state index contributed by atoms with van der Waals surface area (Å²) >= 11 is 0. The molecule has 0 unspecified atom stereocenters. The molecule has 0 spiro atoms. The fraction of sp³-hybridized carbons (Fsp3) is 0.455. The van der Waals surface area contributed by atoms with Crippen molar-refractivity contribution in [1.82, 2.24) is 4.90 Å². The summed E-state index contributed by atoms with van der Waals surface area (Å²) in [6, 6.07) is 15.0. The Kier molecular flexibility index (Phi) is 9.90. The van der Waals surface area contributed by atoms with Crippen molar-refractivity contribution in [2.24, 2.45) is 5.73 Å². The van der Waals surface area contributed by atoms with Gasteiger partial charge in [-0.2, -0.15) is 0 Å². The third-order valence-corrected chi connectivity index (χ3v) is 4.19. The molecule has 3 rings (SSSR count). The van der Waals surface area contributed by atoms with Gasteiger partial charge in [-0.15, -0.1) is 0 Å². The highest BCUT2D eigenvalue weighted by Crippen LogP contribution is 2.28. The van der Waals surface area contributed by atoms with Crippen LogP contribution in [0.25, 0.3) is 0 Å². The van der Waals surface area contributed by atoms with Crippen LogP contribution >= 0.6 is 0 Å². The summed E-state index contributed by atoms with van der Waals surface area (Å²) in [7, 11) is 1.75. The lowest BCUT2D eigenvalue weighted by Gasteiger charge is -2.29. The lowest BCUT2D eigenvalue weighted by molar-refractivity contribution is 0.242. The quantitative estimate of drug-likeness (QED) is 0.870. The summed E-state index contributed by atoms with van der Waals surface area (Å²) in [6.07, 6.45) is 1.06. The molecule has 0 aliphatic carbocycles. The predicted molar refractivity (Wildman–Crippen MR) is 108 cm³/mol. The highest BCUT2D eigenvalue weighted by Gasteiger charge is 2.19. The van der Waals surface area contributed by atoms with Gasteiger partial charge in [0, 0.05) is 26.2 Å². The second kappa shape index (κ2) is 11.7. The van der Waals surface area contributed by atoms with Crippen molar-refractivity contribution < 1.29 is 4.74 Å². The number of nitrogens with zero attached hydrogens (tertiary/aromatic N) is 1. The van der Waals surface area contributed by atoms with Gasteiger partial charge in [-0.3, -0.25) is 4.90 Å². The van der Waals surface area contributed by atoms with Gasteiger partial charge in [0.25, 0.3) is 0 Å². The van der Waals surface area contributed by atoms with E-state index < -0.39 is 0 Å². The third kappa shape index (κ3) is 5.87. The van der Waals surface area contributed by atoms with E-state index in [0.717, 1.165) is 31.8 Å². The maximum atomic E-state index is 5.64. The highest BCUT2D eigenvalue weighted by molar-refractivity contribution is 5.41. The summed E-state index contributed by atoms with van der Waals surface area (Å²) in [6.45, 7) is 11.7. The summed E-state index contributed by atoms with van der Waals surface area (Å²) in [5.41, 5.74) is 10.9. The molecule has 3 nitrogen and oxygen atoms in total. The molecule has 2 aromatic carbocycles. The van der Waals surface area contributed by atoms with Gasteiger partial charge in [0.15, 0.2) is 0 Å². The van der Waals surface area contributed by atoms with Crippen molar-refractivity contribution in [2.75, 3.05) is 13.7 Å². The largest absolute Gasteiger partial charge is 0.496 e. The maximum absolute atomic E-state index is 5.64. The van der Waals surface area contributed by atoms with Gasteiger partial charge in [-0.05, 0) is 34.7 Å². The zero-order valence-corrected chi connectivity index (χ0v) is 16.5. The first-order valence-corrected chi connectivity index (χ1v) is 9.45.